The predicted molar refractivity (Wildman–Crippen MR) is 67.1 cm³/mol. The molecule has 0 unspecified atom stereocenters. The van der Waals surface area contributed by atoms with Gasteiger partial charge in [-0.2, -0.15) is 5.10 Å². The van der Waals surface area contributed by atoms with Crippen molar-refractivity contribution in [1.82, 2.24) is 15.1 Å². The van der Waals surface area contributed by atoms with E-state index in [1.807, 2.05) is 0 Å². The van der Waals surface area contributed by atoms with Crippen LogP contribution in [-0.2, 0) is 4.79 Å². The van der Waals surface area contributed by atoms with Gasteiger partial charge in [0, 0.05) is 25.2 Å². The average Bonchev–Trinajstić information content (AvgIpc) is 2.35. The lowest BCUT2D eigenvalue weighted by atomic mass is 10.1. The van der Waals surface area contributed by atoms with Crippen molar-refractivity contribution >= 4 is 11.7 Å². The number of rotatable bonds is 3. The van der Waals surface area contributed by atoms with Crippen LogP contribution in [0.1, 0.15) is 12.8 Å². The van der Waals surface area contributed by atoms with E-state index in [-0.39, 0.29) is 17.5 Å². The van der Waals surface area contributed by atoms with Crippen LogP contribution in [0.3, 0.4) is 0 Å². The van der Waals surface area contributed by atoms with Crippen molar-refractivity contribution < 1.29 is 4.79 Å². The molecule has 1 saturated heterocycles. The molecule has 1 aromatic rings. The monoisotopic (exact) mass is 251 g/mol. The highest BCUT2D eigenvalue weighted by Crippen LogP contribution is 2.07. The summed E-state index contributed by atoms with van der Waals surface area (Å²) in [4.78, 5) is 24.6. The van der Waals surface area contributed by atoms with E-state index in [9.17, 15) is 9.59 Å². The van der Waals surface area contributed by atoms with E-state index in [0.29, 0.717) is 12.4 Å². The summed E-state index contributed by atoms with van der Waals surface area (Å²) in [5.41, 5.74) is 5.50. The van der Waals surface area contributed by atoms with Gasteiger partial charge in [-0.1, -0.05) is 0 Å². The van der Waals surface area contributed by atoms with Gasteiger partial charge >= 0.3 is 0 Å². The molecule has 0 aromatic carbocycles. The fourth-order valence-corrected chi connectivity index (χ4v) is 1.91. The Kier molecular flexibility index (Phi) is 4.06. The van der Waals surface area contributed by atoms with Crippen LogP contribution >= 0.6 is 0 Å². The van der Waals surface area contributed by atoms with Gasteiger partial charge in [0.05, 0.1) is 6.54 Å². The molecule has 2 heterocycles. The Morgan fingerprint density at radius 2 is 2.22 bits per heavy atom. The lowest BCUT2D eigenvalue weighted by molar-refractivity contribution is -0.117. The number of aromatic amines is 1. The second kappa shape index (κ2) is 5.74. The number of H-pyrrole nitrogens is 1. The van der Waals surface area contributed by atoms with E-state index in [2.05, 4.69) is 20.4 Å². The zero-order chi connectivity index (χ0) is 13.0. The van der Waals surface area contributed by atoms with Gasteiger partial charge in [-0.15, -0.1) is 0 Å². The first-order valence-electron chi connectivity index (χ1n) is 5.97. The van der Waals surface area contributed by atoms with Crippen LogP contribution in [0.15, 0.2) is 16.9 Å². The minimum absolute atomic E-state index is 0.134. The van der Waals surface area contributed by atoms with E-state index >= 15 is 0 Å². The van der Waals surface area contributed by atoms with E-state index in [4.69, 9.17) is 5.73 Å². The molecule has 7 nitrogen and oxygen atoms in total. The predicted octanol–water partition coefficient (Wildman–Crippen LogP) is -0.868. The van der Waals surface area contributed by atoms with Gasteiger partial charge in [0.15, 0.2) is 5.82 Å². The topological polar surface area (TPSA) is 104 Å². The first-order valence-corrected chi connectivity index (χ1v) is 5.97. The number of nitrogens with zero attached hydrogens (tertiary/aromatic N) is 2. The number of piperidine rings is 1. The van der Waals surface area contributed by atoms with Crippen molar-refractivity contribution in [3.63, 3.8) is 0 Å². The molecule has 0 bridgehead atoms. The number of carbonyl (C=O) groups excluding carboxylic acids is 1. The van der Waals surface area contributed by atoms with E-state index in [0.717, 1.165) is 25.9 Å². The zero-order valence-corrected chi connectivity index (χ0v) is 10.1. The number of hydrogen-bond acceptors (Lipinski definition) is 5. The number of nitrogens with two attached hydrogens (primary N) is 1. The number of aromatic nitrogens is 2. The summed E-state index contributed by atoms with van der Waals surface area (Å²) in [7, 11) is 0. The number of amides is 1. The molecule has 18 heavy (non-hydrogen) atoms. The van der Waals surface area contributed by atoms with Crippen molar-refractivity contribution in [3.8, 4) is 0 Å². The summed E-state index contributed by atoms with van der Waals surface area (Å²) < 4.78 is 0. The van der Waals surface area contributed by atoms with E-state index in [1.165, 1.54) is 12.1 Å². The Hall–Kier alpha value is -1.73. The Balaban J connectivity index is 1.81. The summed E-state index contributed by atoms with van der Waals surface area (Å²) in [6.07, 6.45) is 1.84. The van der Waals surface area contributed by atoms with Gasteiger partial charge < -0.3 is 11.1 Å². The number of likely N-dealkylation sites (tertiary alicyclic amines) is 1. The van der Waals surface area contributed by atoms with Gasteiger partial charge in [-0.25, -0.2) is 5.10 Å². The minimum atomic E-state index is -0.294. The first kappa shape index (κ1) is 12.7. The third kappa shape index (κ3) is 3.64. The fraction of sp³-hybridized carbons (Fsp3) is 0.545. The van der Waals surface area contributed by atoms with Crippen LogP contribution < -0.4 is 16.6 Å². The summed E-state index contributed by atoms with van der Waals surface area (Å²) in [6, 6.07) is 3.05. The second-order valence-corrected chi connectivity index (χ2v) is 4.47. The van der Waals surface area contributed by atoms with Gasteiger partial charge in [-0.3, -0.25) is 14.5 Å². The Bertz CT molecular complexity index is 444. The number of nitrogens with one attached hydrogen (secondary N) is 2. The molecule has 98 valence electrons. The minimum Gasteiger partial charge on any atom is -0.328 e. The van der Waals surface area contributed by atoms with Crippen molar-refractivity contribution in [3.05, 3.63) is 22.5 Å². The first-order chi connectivity index (χ1) is 8.63. The molecule has 0 atom stereocenters. The molecule has 4 N–H and O–H groups in total. The summed E-state index contributed by atoms with van der Waals surface area (Å²) in [6.45, 7) is 2.01. The number of carbonyl (C=O) groups is 1. The SMILES string of the molecule is NC1CCN(CC(=O)Nc2ccc(=O)[nH]n2)CC1. The standard InChI is InChI=1S/C11H17N5O2/c12-8-3-5-16(6-4-8)7-11(18)13-9-1-2-10(17)15-14-9/h1-2,8H,3-7,12H2,(H,15,17)(H,13,14,18). The molecule has 0 saturated carbocycles. The maximum absolute atomic E-state index is 11.7. The lowest BCUT2D eigenvalue weighted by Gasteiger charge is -2.29. The summed E-state index contributed by atoms with van der Waals surface area (Å²) in [5.74, 6) is 0.221. The highest BCUT2D eigenvalue weighted by atomic mass is 16.2. The third-order valence-electron chi connectivity index (χ3n) is 2.95. The third-order valence-corrected chi connectivity index (χ3v) is 2.95. The zero-order valence-electron chi connectivity index (χ0n) is 10.1. The van der Waals surface area contributed by atoms with Crippen LogP contribution in [0.5, 0.6) is 0 Å². The largest absolute Gasteiger partial charge is 0.328 e. The Morgan fingerprint density at radius 3 is 2.83 bits per heavy atom. The van der Waals surface area contributed by atoms with Crippen molar-refractivity contribution in [1.29, 1.82) is 0 Å². The molecule has 0 spiro atoms. The maximum Gasteiger partial charge on any atom is 0.264 e. The average molecular weight is 251 g/mol. The molecule has 0 radical (unpaired) electrons. The van der Waals surface area contributed by atoms with Crippen molar-refractivity contribution in [2.24, 2.45) is 5.73 Å². The molecule has 1 fully saturated rings. The van der Waals surface area contributed by atoms with E-state index < -0.39 is 0 Å². The van der Waals surface area contributed by atoms with Crippen LogP contribution in [0.2, 0.25) is 0 Å². The van der Waals surface area contributed by atoms with Gasteiger partial charge in [0.1, 0.15) is 0 Å². The van der Waals surface area contributed by atoms with Gasteiger partial charge in [0.25, 0.3) is 5.56 Å². The van der Waals surface area contributed by atoms with Gasteiger partial charge in [0.2, 0.25) is 5.91 Å². The molecule has 0 aliphatic carbocycles. The van der Waals surface area contributed by atoms with Crippen LogP contribution in [-0.4, -0.2) is 46.7 Å². The molecule has 1 aliphatic rings. The smallest absolute Gasteiger partial charge is 0.264 e. The number of hydrogen-bond donors (Lipinski definition) is 3. The summed E-state index contributed by atoms with van der Waals surface area (Å²) >= 11 is 0. The fourth-order valence-electron chi connectivity index (χ4n) is 1.91. The Morgan fingerprint density at radius 1 is 1.50 bits per heavy atom. The van der Waals surface area contributed by atoms with Crippen LogP contribution in [0.25, 0.3) is 0 Å². The molecule has 7 heteroatoms. The van der Waals surface area contributed by atoms with Crippen LogP contribution in [0.4, 0.5) is 5.82 Å². The van der Waals surface area contributed by atoms with Crippen molar-refractivity contribution in [2.75, 3.05) is 25.0 Å². The molecule has 1 aromatic heterocycles. The highest BCUT2D eigenvalue weighted by Gasteiger charge is 2.18. The maximum atomic E-state index is 11.7. The highest BCUT2D eigenvalue weighted by molar-refractivity contribution is 5.91. The molecular formula is C11H17N5O2. The molecule has 2 rings (SSSR count). The van der Waals surface area contributed by atoms with Crippen molar-refractivity contribution in [2.45, 2.75) is 18.9 Å². The van der Waals surface area contributed by atoms with Crippen LogP contribution in [0, 0.1) is 0 Å². The number of anilines is 1. The molecule has 1 amide bonds. The normalized spacial score (nSPS) is 17.6. The lowest BCUT2D eigenvalue weighted by Crippen LogP contribution is -2.43. The second-order valence-electron chi connectivity index (χ2n) is 4.47. The quantitative estimate of drug-likeness (QED) is 0.648. The Labute approximate surface area is 104 Å². The summed E-state index contributed by atoms with van der Waals surface area (Å²) in [5, 5.41) is 8.61. The van der Waals surface area contributed by atoms with Gasteiger partial charge in [-0.05, 0) is 18.9 Å². The van der Waals surface area contributed by atoms with E-state index in [1.54, 1.807) is 0 Å². The molecular weight excluding hydrogens is 234 g/mol. The molecule has 1 aliphatic heterocycles.